The van der Waals surface area contributed by atoms with Crippen molar-refractivity contribution in [2.45, 2.75) is 38.5 Å². The fourth-order valence-electron chi connectivity index (χ4n) is 3.05. The van der Waals surface area contributed by atoms with Crippen molar-refractivity contribution in [3.8, 4) is 11.1 Å². The molecule has 0 aromatic heterocycles. The third-order valence-electron chi connectivity index (χ3n) is 4.11. The lowest BCUT2D eigenvalue weighted by atomic mass is 9.92. The van der Waals surface area contributed by atoms with Gasteiger partial charge in [-0.25, -0.2) is 0 Å². The minimum absolute atomic E-state index is 0.372. The van der Waals surface area contributed by atoms with Gasteiger partial charge in [0.15, 0.2) is 0 Å². The van der Waals surface area contributed by atoms with Gasteiger partial charge in [0.25, 0.3) is 0 Å². The lowest BCUT2D eigenvalue weighted by molar-refractivity contribution is -0.118. The Hall–Kier alpha value is -1.89. The van der Waals surface area contributed by atoms with Crippen LogP contribution in [0.15, 0.2) is 48.5 Å². The monoisotopic (exact) mass is 264 g/mol. The Labute approximate surface area is 120 Å². The molecule has 2 aromatic rings. The molecule has 0 saturated heterocycles. The molecule has 0 bridgehead atoms. The zero-order valence-electron chi connectivity index (χ0n) is 11.8. The highest BCUT2D eigenvalue weighted by Gasteiger charge is 2.13. The van der Waals surface area contributed by atoms with Gasteiger partial charge in [-0.2, -0.15) is 0 Å². The third kappa shape index (κ3) is 2.82. The molecule has 0 fully saturated rings. The largest absolute Gasteiger partial charge is 0.299 e. The molecule has 0 radical (unpaired) electrons. The Kier molecular flexibility index (Phi) is 3.96. The summed E-state index contributed by atoms with van der Waals surface area (Å²) >= 11 is 0. The van der Waals surface area contributed by atoms with Crippen molar-refractivity contribution in [3.63, 3.8) is 0 Å². The second-order valence-corrected chi connectivity index (χ2v) is 5.59. The number of ketones is 1. The van der Waals surface area contributed by atoms with Crippen LogP contribution in [0.5, 0.6) is 0 Å². The highest BCUT2D eigenvalue weighted by molar-refractivity contribution is 5.84. The molecule has 1 heteroatoms. The first-order chi connectivity index (χ1) is 9.84. The molecular weight excluding hydrogens is 244 g/mol. The quantitative estimate of drug-likeness (QED) is 0.680. The van der Waals surface area contributed by atoms with Gasteiger partial charge < -0.3 is 0 Å². The van der Waals surface area contributed by atoms with E-state index in [2.05, 4.69) is 42.5 Å². The third-order valence-corrected chi connectivity index (χ3v) is 4.11. The molecule has 3 rings (SSSR count). The minimum atomic E-state index is 0.372. The zero-order chi connectivity index (χ0) is 13.8. The van der Waals surface area contributed by atoms with Gasteiger partial charge in [0, 0.05) is 12.8 Å². The Bertz CT molecular complexity index is 613. The molecule has 0 atom stereocenters. The number of rotatable bonds is 0. The van der Waals surface area contributed by atoms with Gasteiger partial charge in [0.1, 0.15) is 5.78 Å². The summed E-state index contributed by atoms with van der Waals surface area (Å²) in [6.45, 7) is 0. The van der Waals surface area contributed by atoms with Gasteiger partial charge in [-0.1, -0.05) is 55.0 Å². The molecule has 102 valence electrons. The van der Waals surface area contributed by atoms with Crippen LogP contribution in [0, 0.1) is 0 Å². The number of aryl methyl sites for hydroxylation is 1. The summed E-state index contributed by atoms with van der Waals surface area (Å²) in [7, 11) is 0. The first-order valence-corrected chi connectivity index (χ1v) is 7.52. The van der Waals surface area contributed by atoms with E-state index < -0.39 is 0 Å². The van der Waals surface area contributed by atoms with Crippen molar-refractivity contribution in [1.82, 2.24) is 0 Å². The van der Waals surface area contributed by atoms with E-state index in [1.54, 1.807) is 0 Å². The van der Waals surface area contributed by atoms with Gasteiger partial charge in [0.05, 0.1) is 0 Å². The molecule has 0 amide bonds. The summed E-state index contributed by atoms with van der Waals surface area (Å²) in [5.41, 5.74) is 5.12. The van der Waals surface area contributed by atoms with Crippen LogP contribution in [0.1, 0.15) is 36.8 Å². The Morgan fingerprint density at radius 2 is 1.25 bits per heavy atom. The van der Waals surface area contributed by atoms with E-state index in [0.29, 0.717) is 12.2 Å². The van der Waals surface area contributed by atoms with Gasteiger partial charge in [0.2, 0.25) is 0 Å². The van der Waals surface area contributed by atoms with Crippen molar-refractivity contribution in [1.29, 1.82) is 0 Å². The fraction of sp³-hybridized carbons (Fsp3) is 0.316. The molecule has 0 unspecified atom stereocenters. The van der Waals surface area contributed by atoms with Gasteiger partial charge in [-0.15, -0.1) is 0 Å². The van der Waals surface area contributed by atoms with E-state index in [-0.39, 0.29) is 0 Å². The number of Topliss-reactive ketones (excluding diaryl/α,β-unsaturated/α-hetero) is 1. The van der Waals surface area contributed by atoms with Crippen LogP contribution in [0.2, 0.25) is 0 Å². The lowest BCUT2D eigenvalue weighted by Gasteiger charge is -2.12. The van der Waals surface area contributed by atoms with E-state index in [1.807, 2.05) is 6.07 Å². The number of hydrogen-bond donors (Lipinski definition) is 0. The first-order valence-electron chi connectivity index (χ1n) is 7.52. The van der Waals surface area contributed by atoms with Gasteiger partial charge >= 0.3 is 0 Å². The average Bonchev–Trinajstić information content (AvgIpc) is 2.50. The van der Waals surface area contributed by atoms with E-state index >= 15 is 0 Å². The average molecular weight is 264 g/mol. The lowest BCUT2D eigenvalue weighted by Crippen LogP contribution is -2.03. The Balaban J connectivity index is 2.10. The topological polar surface area (TPSA) is 17.1 Å². The number of hydrogen-bond acceptors (Lipinski definition) is 1. The number of fused-ring (bicyclic) bond motifs is 3. The van der Waals surface area contributed by atoms with Crippen molar-refractivity contribution < 1.29 is 4.79 Å². The van der Waals surface area contributed by atoms with E-state index in [0.717, 1.165) is 25.7 Å². The van der Waals surface area contributed by atoms with Crippen LogP contribution in [-0.2, 0) is 17.6 Å². The molecule has 20 heavy (non-hydrogen) atoms. The number of benzene rings is 2. The first kappa shape index (κ1) is 13.1. The molecular formula is C19H20O. The summed E-state index contributed by atoms with van der Waals surface area (Å²) in [6, 6.07) is 17.0. The van der Waals surface area contributed by atoms with Crippen LogP contribution in [0.25, 0.3) is 11.1 Å². The summed E-state index contributed by atoms with van der Waals surface area (Å²) in [5, 5.41) is 0. The van der Waals surface area contributed by atoms with Crippen LogP contribution in [0.4, 0.5) is 0 Å². The highest BCUT2D eigenvalue weighted by Crippen LogP contribution is 2.29. The highest BCUT2D eigenvalue weighted by atomic mass is 16.1. The minimum Gasteiger partial charge on any atom is -0.299 e. The second-order valence-electron chi connectivity index (χ2n) is 5.59. The van der Waals surface area contributed by atoms with Crippen molar-refractivity contribution in [2.24, 2.45) is 0 Å². The van der Waals surface area contributed by atoms with Crippen LogP contribution < -0.4 is 0 Å². The van der Waals surface area contributed by atoms with Gasteiger partial charge in [-0.05, 0) is 41.5 Å². The normalized spacial score (nSPS) is 15.9. The van der Waals surface area contributed by atoms with Gasteiger partial charge in [-0.3, -0.25) is 4.79 Å². The van der Waals surface area contributed by atoms with E-state index in [4.69, 9.17) is 0 Å². The molecule has 1 nitrogen and oxygen atoms in total. The fourth-order valence-corrected chi connectivity index (χ4v) is 3.05. The van der Waals surface area contributed by atoms with Crippen molar-refractivity contribution >= 4 is 5.78 Å². The predicted molar refractivity (Wildman–Crippen MR) is 82.8 cm³/mol. The molecule has 2 aromatic carbocycles. The molecule has 1 aliphatic rings. The smallest absolute Gasteiger partial charge is 0.137 e. The number of carbonyl (C=O) groups excluding carboxylic acids is 1. The number of carbonyl (C=O) groups is 1. The molecule has 0 heterocycles. The van der Waals surface area contributed by atoms with Crippen molar-refractivity contribution in [2.75, 3.05) is 0 Å². The van der Waals surface area contributed by atoms with E-state index in [1.165, 1.54) is 28.7 Å². The molecule has 0 saturated carbocycles. The molecule has 0 N–H and O–H groups in total. The standard InChI is InChI=1S/C19H20O/c20-17-11-3-1-2-8-15-9-4-6-12-18(15)19-13-7-5-10-16(19)14-17/h4-7,9-10,12-13H,1-3,8,11,14H2. The summed E-state index contributed by atoms with van der Waals surface area (Å²) in [4.78, 5) is 12.1. The maximum absolute atomic E-state index is 12.1. The predicted octanol–water partition coefficient (Wildman–Crippen LogP) is 4.58. The maximum Gasteiger partial charge on any atom is 0.137 e. The van der Waals surface area contributed by atoms with Crippen LogP contribution in [0.3, 0.4) is 0 Å². The SMILES string of the molecule is O=C1CCCCCc2ccccc2-c2ccccc2C1. The molecule has 0 spiro atoms. The Morgan fingerprint density at radius 1 is 0.650 bits per heavy atom. The molecule has 1 aliphatic carbocycles. The summed E-state index contributed by atoms with van der Waals surface area (Å²) in [6.07, 6.45) is 5.76. The second kappa shape index (κ2) is 6.04. The van der Waals surface area contributed by atoms with Crippen molar-refractivity contribution in [3.05, 3.63) is 59.7 Å². The maximum atomic E-state index is 12.1. The summed E-state index contributed by atoms with van der Waals surface area (Å²) in [5.74, 6) is 0.372. The Morgan fingerprint density at radius 3 is 2.05 bits per heavy atom. The van der Waals surface area contributed by atoms with Crippen LogP contribution >= 0.6 is 0 Å². The van der Waals surface area contributed by atoms with Crippen LogP contribution in [-0.4, -0.2) is 5.78 Å². The summed E-state index contributed by atoms with van der Waals surface area (Å²) < 4.78 is 0. The molecule has 0 aliphatic heterocycles. The zero-order valence-corrected chi connectivity index (χ0v) is 11.8. The van der Waals surface area contributed by atoms with E-state index in [9.17, 15) is 4.79 Å².